The number of benzene rings is 1. The average Bonchev–Trinajstić information content (AvgIpc) is 2.73. The van der Waals surface area contributed by atoms with Crippen LogP contribution in [-0.2, 0) is 11.2 Å². The Kier molecular flexibility index (Phi) is 3.43. The lowest BCUT2D eigenvalue weighted by molar-refractivity contribution is -0.132. The van der Waals surface area contributed by atoms with Crippen molar-refractivity contribution in [2.24, 2.45) is 0 Å². The first kappa shape index (κ1) is 13.0. The van der Waals surface area contributed by atoms with Crippen LogP contribution in [0.15, 0.2) is 17.7 Å². The van der Waals surface area contributed by atoms with Gasteiger partial charge in [0.05, 0.1) is 7.11 Å². The summed E-state index contributed by atoms with van der Waals surface area (Å²) in [4.78, 5) is 10.9. The fourth-order valence-corrected chi connectivity index (χ4v) is 2.04. The molecule has 0 saturated carbocycles. The summed E-state index contributed by atoms with van der Waals surface area (Å²) in [5, 5.41) is 17.7. The maximum atomic E-state index is 10.9. The minimum absolute atomic E-state index is 0.0915. The first-order valence-electron chi connectivity index (χ1n) is 5.77. The van der Waals surface area contributed by atoms with Gasteiger partial charge in [-0.25, -0.2) is 4.79 Å². The summed E-state index contributed by atoms with van der Waals surface area (Å²) in [6.07, 6.45) is 2.17. The van der Waals surface area contributed by atoms with Gasteiger partial charge in [-0.3, -0.25) is 0 Å². The highest BCUT2D eigenvalue weighted by atomic mass is 16.5. The van der Waals surface area contributed by atoms with Crippen molar-refractivity contribution in [3.05, 3.63) is 28.8 Å². The van der Waals surface area contributed by atoms with Gasteiger partial charge in [0.1, 0.15) is 29.2 Å². The number of carbonyl (C=O) groups is 1. The summed E-state index contributed by atoms with van der Waals surface area (Å²) in [5.41, 5.74) is 1.20. The maximum absolute atomic E-state index is 10.9. The fourth-order valence-electron chi connectivity index (χ4n) is 2.04. The van der Waals surface area contributed by atoms with E-state index in [9.17, 15) is 4.79 Å². The number of carboxylic acids is 1. The second kappa shape index (κ2) is 5.02. The molecule has 0 bridgehead atoms. The van der Waals surface area contributed by atoms with Crippen molar-refractivity contribution < 1.29 is 19.4 Å². The van der Waals surface area contributed by atoms with Crippen LogP contribution < -0.4 is 9.47 Å². The third-order valence-electron chi connectivity index (χ3n) is 2.90. The number of methoxy groups -OCH3 is 1. The van der Waals surface area contributed by atoms with E-state index < -0.39 is 5.97 Å². The van der Waals surface area contributed by atoms with Crippen molar-refractivity contribution in [3.63, 3.8) is 0 Å². The van der Waals surface area contributed by atoms with E-state index in [-0.39, 0.29) is 11.7 Å². The molecular weight excluding hydrogens is 246 g/mol. The Hall–Kier alpha value is -2.48. The smallest absolute Gasteiger partial charge is 0.346 e. The normalized spacial score (nSPS) is 17.3. The fraction of sp³-hybridized carbons (Fsp3) is 0.286. The largest absolute Gasteiger partial charge is 0.496 e. The molecule has 1 aromatic carbocycles. The van der Waals surface area contributed by atoms with Gasteiger partial charge in [-0.05, 0) is 25.1 Å². The molecule has 0 fully saturated rings. The minimum Gasteiger partial charge on any atom is -0.496 e. The Morgan fingerprint density at radius 2 is 2.37 bits per heavy atom. The second-order valence-electron chi connectivity index (χ2n) is 4.31. The minimum atomic E-state index is -1.26. The molecule has 5 nitrogen and oxygen atoms in total. The summed E-state index contributed by atoms with van der Waals surface area (Å²) in [5.74, 6) is -0.0213. The van der Waals surface area contributed by atoms with E-state index in [4.69, 9.17) is 19.8 Å². The summed E-state index contributed by atoms with van der Waals surface area (Å²) < 4.78 is 10.8. The molecule has 0 aromatic heterocycles. The number of ether oxygens (including phenoxy) is 2. The number of hydrogen-bond donors (Lipinski definition) is 1. The van der Waals surface area contributed by atoms with Gasteiger partial charge in [0.2, 0.25) is 0 Å². The first-order valence-corrected chi connectivity index (χ1v) is 5.77. The topological polar surface area (TPSA) is 79.5 Å². The highest BCUT2D eigenvalue weighted by Gasteiger charge is 2.21. The van der Waals surface area contributed by atoms with E-state index in [1.807, 2.05) is 13.0 Å². The van der Waals surface area contributed by atoms with Gasteiger partial charge in [0.25, 0.3) is 0 Å². The Morgan fingerprint density at radius 1 is 1.63 bits per heavy atom. The quantitative estimate of drug-likeness (QED) is 0.663. The molecule has 1 aliphatic rings. The Labute approximate surface area is 110 Å². The SMILES string of the molecule is COc1cc2c(cc1/C=C(\C#N)C(=O)O)OC(C)C2. The number of carboxylic acid groups (broad SMARTS) is 1. The van der Waals surface area contributed by atoms with Crippen LogP contribution in [0, 0.1) is 11.3 Å². The summed E-state index contributed by atoms with van der Waals surface area (Å²) >= 11 is 0. The highest BCUT2D eigenvalue weighted by molar-refractivity contribution is 5.97. The van der Waals surface area contributed by atoms with Gasteiger partial charge >= 0.3 is 5.97 Å². The number of aliphatic carboxylic acids is 1. The van der Waals surface area contributed by atoms with Gasteiger partial charge in [0.15, 0.2) is 0 Å². The van der Waals surface area contributed by atoms with E-state index in [1.54, 1.807) is 12.1 Å². The number of nitrogens with zero attached hydrogens (tertiary/aromatic N) is 1. The van der Waals surface area contributed by atoms with Crippen molar-refractivity contribution >= 4 is 12.0 Å². The lowest BCUT2D eigenvalue weighted by Crippen LogP contribution is -2.05. The zero-order valence-electron chi connectivity index (χ0n) is 10.6. The van der Waals surface area contributed by atoms with Crippen LogP contribution in [0.3, 0.4) is 0 Å². The van der Waals surface area contributed by atoms with E-state index in [0.29, 0.717) is 17.1 Å². The van der Waals surface area contributed by atoms with Crippen LogP contribution in [-0.4, -0.2) is 24.3 Å². The molecule has 0 aliphatic carbocycles. The molecule has 1 N–H and O–H groups in total. The number of fused-ring (bicyclic) bond motifs is 1. The molecule has 5 heteroatoms. The molecule has 1 unspecified atom stereocenters. The predicted molar refractivity (Wildman–Crippen MR) is 68.0 cm³/mol. The monoisotopic (exact) mass is 259 g/mol. The van der Waals surface area contributed by atoms with Gasteiger partial charge in [-0.1, -0.05) is 0 Å². The lowest BCUT2D eigenvalue weighted by Gasteiger charge is -2.08. The van der Waals surface area contributed by atoms with Gasteiger partial charge < -0.3 is 14.6 Å². The number of rotatable bonds is 3. The number of nitriles is 1. The first-order chi connectivity index (χ1) is 9.05. The van der Waals surface area contributed by atoms with Crippen LogP contribution in [0.1, 0.15) is 18.1 Å². The van der Waals surface area contributed by atoms with Gasteiger partial charge in [0, 0.05) is 17.5 Å². The molecule has 0 saturated heterocycles. The van der Waals surface area contributed by atoms with Crippen molar-refractivity contribution in [2.75, 3.05) is 7.11 Å². The molecule has 0 radical (unpaired) electrons. The van der Waals surface area contributed by atoms with E-state index in [1.165, 1.54) is 13.2 Å². The molecule has 1 heterocycles. The van der Waals surface area contributed by atoms with E-state index in [2.05, 4.69) is 0 Å². The van der Waals surface area contributed by atoms with Crippen molar-refractivity contribution in [3.8, 4) is 17.6 Å². The van der Waals surface area contributed by atoms with Crippen LogP contribution in [0.25, 0.3) is 6.08 Å². The highest BCUT2D eigenvalue weighted by Crippen LogP contribution is 2.35. The standard InChI is InChI=1S/C14H13NO4/c1-8-3-9-5-12(18-2)10(6-13(9)19-8)4-11(7-15)14(16)17/h4-6,8H,3H2,1-2H3,(H,16,17)/b11-4+. The Bertz CT molecular complexity index is 598. The van der Waals surface area contributed by atoms with Crippen LogP contribution in [0.5, 0.6) is 11.5 Å². The van der Waals surface area contributed by atoms with Crippen LogP contribution in [0.2, 0.25) is 0 Å². The molecule has 1 aliphatic heterocycles. The molecule has 2 rings (SSSR count). The molecule has 98 valence electrons. The van der Waals surface area contributed by atoms with Crippen molar-refractivity contribution in [2.45, 2.75) is 19.4 Å². The van der Waals surface area contributed by atoms with Crippen LogP contribution >= 0.6 is 0 Å². The van der Waals surface area contributed by atoms with E-state index >= 15 is 0 Å². The lowest BCUT2D eigenvalue weighted by atomic mass is 10.0. The Morgan fingerprint density at radius 3 is 2.95 bits per heavy atom. The average molecular weight is 259 g/mol. The van der Waals surface area contributed by atoms with Crippen molar-refractivity contribution in [1.29, 1.82) is 5.26 Å². The zero-order chi connectivity index (χ0) is 14.0. The maximum Gasteiger partial charge on any atom is 0.346 e. The molecule has 0 amide bonds. The van der Waals surface area contributed by atoms with Gasteiger partial charge in [-0.15, -0.1) is 0 Å². The zero-order valence-corrected chi connectivity index (χ0v) is 10.6. The van der Waals surface area contributed by atoms with Gasteiger partial charge in [-0.2, -0.15) is 5.26 Å². The molecular formula is C14H13NO4. The molecule has 0 spiro atoms. The van der Waals surface area contributed by atoms with E-state index in [0.717, 1.165) is 12.0 Å². The second-order valence-corrected chi connectivity index (χ2v) is 4.31. The summed E-state index contributed by atoms with van der Waals surface area (Å²) in [6.45, 7) is 1.96. The summed E-state index contributed by atoms with van der Waals surface area (Å²) in [6, 6.07) is 5.17. The van der Waals surface area contributed by atoms with Crippen molar-refractivity contribution in [1.82, 2.24) is 0 Å². The molecule has 1 atom stereocenters. The predicted octanol–water partition coefficient (Wildman–Crippen LogP) is 2.01. The Balaban J connectivity index is 2.50. The molecule has 1 aromatic rings. The third kappa shape index (κ3) is 2.52. The molecule has 19 heavy (non-hydrogen) atoms. The third-order valence-corrected chi connectivity index (χ3v) is 2.90. The van der Waals surface area contributed by atoms with Crippen LogP contribution in [0.4, 0.5) is 0 Å². The number of hydrogen-bond acceptors (Lipinski definition) is 4. The summed E-state index contributed by atoms with van der Waals surface area (Å²) in [7, 11) is 1.51.